The molecule has 0 aromatic heterocycles. The monoisotopic (exact) mass is 269 g/mol. The smallest absolute Gasteiger partial charge is 0.0637 e. The summed E-state index contributed by atoms with van der Waals surface area (Å²) in [5.74, 6) is 0.753. The molecule has 2 fully saturated rings. The molecule has 112 valence electrons. The molecule has 0 radical (unpaired) electrons. The van der Waals surface area contributed by atoms with Gasteiger partial charge in [0.1, 0.15) is 0 Å². The van der Waals surface area contributed by atoms with Crippen molar-refractivity contribution in [3.63, 3.8) is 0 Å². The Morgan fingerprint density at radius 3 is 2.74 bits per heavy atom. The van der Waals surface area contributed by atoms with Gasteiger partial charge in [-0.25, -0.2) is 0 Å². The van der Waals surface area contributed by atoms with Gasteiger partial charge in [0.2, 0.25) is 0 Å². The van der Waals surface area contributed by atoms with Crippen LogP contribution in [0.1, 0.15) is 26.7 Å². The van der Waals surface area contributed by atoms with Crippen LogP contribution in [-0.4, -0.2) is 74.9 Å². The lowest BCUT2D eigenvalue weighted by Gasteiger charge is -2.38. The molecule has 4 nitrogen and oxygen atoms in total. The summed E-state index contributed by atoms with van der Waals surface area (Å²) in [5.41, 5.74) is 0. The maximum Gasteiger partial charge on any atom is 0.0637 e. The fourth-order valence-corrected chi connectivity index (χ4v) is 3.58. The van der Waals surface area contributed by atoms with Crippen LogP contribution in [-0.2, 0) is 4.74 Å². The van der Waals surface area contributed by atoms with Crippen molar-refractivity contribution in [3.05, 3.63) is 0 Å². The molecule has 0 aromatic rings. The van der Waals surface area contributed by atoms with E-state index in [1.165, 1.54) is 19.5 Å². The molecule has 0 aliphatic carbocycles. The highest BCUT2D eigenvalue weighted by Crippen LogP contribution is 2.25. The van der Waals surface area contributed by atoms with E-state index in [0.29, 0.717) is 18.1 Å². The third-order valence-corrected chi connectivity index (χ3v) is 4.72. The average molecular weight is 269 g/mol. The molecule has 1 N–H and O–H groups in total. The maximum atomic E-state index is 5.74. The van der Waals surface area contributed by atoms with Crippen LogP contribution in [0.3, 0.4) is 0 Å². The third-order valence-electron chi connectivity index (χ3n) is 4.72. The van der Waals surface area contributed by atoms with E-state index in [2.05, 4.69) is 43.1 Å². The summed E-state index contributed by atoms with van der Waals surface area (Å²) in [7, 11) is 4.41. The number of hydrogen-bond donors (Lipinski definition) is 1. The van der Waals surface area contributed by atoms with Crippen LogP contribution in [0.2, 0.25) is 0 Å². The first-order valence-electron chi connectivity index (χ1n) is 7.85. The number of likely N-dealkylation sites (N-methyl/N-ethyl adjacent to an activating group) is 1. The van der Waals surface area contributed by atoms with E-state index < -0.39 is 0 Å². The van der Waals surface area contributed by atoms with Gasteiger partial charge in [-0.05, 0) is 39.4 Å². The molecule has 2 aliphatic rings. The minimum Gasteiger partial charge on any atom is -0.380 e. The summed E-state index contributed by atoms with van der Waals surface area (Å²) in [6.07, 6.45) is 2.36. The Kier molecular flexibility index (Phi) is 5.63. The minimum absolute atomic E-state index is 0.563. The molecule has 0 saturated carbocycles. The van der Waals surface area contributed by atoms with Gasteiger partial charge < -0.3 is 15.0 Å². The fourth-order valence-electron chi connectivity index (χ4n) is 3.58. The molecule has 0 spiro atoms. The second kappa shape index (κ2) is 7.02. The zero-order valence-corrected chi connectivity index (χ0v) is 13.1. The zero-order chi connectivity index (χ0) is 13.8. The van der Waals surface area contributed by atoms with E-state index in [9.17, 15) is 0 Å². The molecule has 2 heterocycles. The fraction of sp³-hybridized carbons (Fsp3) is 1.00. The second-order valence-corrected chi connectivity index (χ2v) is 6.45. The summed E-state index contributed by atoms with van der Waals surface area (Å²) in [5, 5.41) is 3.72. The topological polar surface area (TPSA) is 27.7 Å². The number of rotatable bonds is 5. The third kappa shape index (κ3) is 3.69. The highest BCUT2D eigenvalue weighted by molar-refractivity contribution is 4.95. The highest BCUT2D eigenvalue weighted by atomic mass is 16.5. The summed E-state index contributed by atoms with van der Waals surface area (Å²) >= 11 is 0. The van der Waals surface area contributed by atoms with Crippen molar-refractivity contribution in [3.8, 4) is 0 Å². The standard InChI is InChI=1S/C15H31N3O/c1-5-7-16-13-6-8-19-11-15(13)18-9-12(2)14(10-18)17(3)4/h12-16H,5-11H2,1-4H3. The van der Waals surface area contributed by atoms with E-state index in [4.69, 9.17) is 4.74 Å². The van der Waals surface area contributed by atoms with Gasteiger partial charge in [0.25, 0.3) is 0 Å². The molecule has 4 unspecified atom stereocenters. The maximum absolute atomic E-state index is 5.74. The summed E-state index contributed by atoms with van der Waals surface area (Å²) in [6, 6.07) is 1.86. The summed E-state index contributed by atoms with van der Waals surface area (Å²) < 4.78 is 5.74. The van der Waals surface area contributed by atoms with Crippen LogP contribution in [0.4, 0.5) is 0 Å². The van der Waals surface area contributed by atoms with E-state index in [0.717, 1.165) is 32.1 Å². The Balaban J connectivity index is 1.95. The molecule has 0 amide bonds. The molecular weight excluding hydrogens is 238 g/mol. The van der Waals surface area contributed by atoms with Crippen molar-refractivity contribution in [2.45, 2.75) is 44.8 Å². The number of ether oxygens (including phenoxy) is 1. The lowest BCUT2D eigenvalue weighted by molar-refractivity contribution is 0.00293. The van der Waals surface area contributed by atoms with Crippen LogP contribution >= 0.6 is 0 Å². The summed E-state index contributed by atoms with van der Waals surface area (Å²) in [4.78, 5) is 5.03. The molecule has 19 heavy (non-hydrogen) atoms. The van der Waals surface area contributed by atoms with Gasteiger partial charge in [-0.1, -0.05) is 13.8 Å². The number of hydrogen-bond acceptors (Lipinski definition) is 4. The van der Waals surface area contributed by atoms with Gasteiger partial charge >= 0.3 is 0 Å². The predicted octanol–water partition coefficient (Wildman–Crippen LogP) is 1.03. The van der Waals surface area contributed by atoms with Crippen LogP contribution < -0.4 is 5.32 Å². The number of likely N-dealkylation sites (tertiary alicyclic amines) is 1. The van der Waals surface area contributed by atoms with Crippen molar-refractivity contribution in [2.24, 2.45) is 5.92 Å². The zero-order valence-electron chi connectivity index (χ0n) is 13.1. The Labute approximate surface area is 118 Å². The SMILES string of the molecule is CCCNC1CCOCC1N1CC(C)C(N(C)C)C1. The molecule has 0 aromatic carbocycles. The van der Waals surface area contributed by atoms with E-state index >= 15 is 0 Å². The van der Waals surface area contributed by atoms with Crippen molar-refractivity contribution in [1.82, 2.24) is 15.1 Å². The normalized spacial score (nSPS) is 37.1. The van der Waals surface area contributed by atoms with Gasteiger partial charge in [-0.15, -0.1) is 0 Å². The molecule has 2 saturated heterocycles. The van der Waals surface area contributed by atoms with Crippen LogP contribution in [0.5, 0.6) is 0 Å². The van der Waals surface area contributed by atoms with Gasteiger partial charge in [0, 0.05) is 37.8 Å². The first-order valence-corrected chi connectivity index (χ1v) is 7.85. The van der Waals surface area contributed by atoms with Crippen molar-refractivity contribution < 1.29 is 4.74 Å². The lowest BCUT2D eigenvalue weighted by Crippen LogP contribution is -2.55. The molecule has 0 bridgehead atoms. The largest absolute Gasteiger partial charge is 0.380 e. The first-order chi connectivity index (χ1) is 9.13. The molecule has 2 aliphatic heterocycles. The van der Waals surface area contributed by atoms with Gasteiger partial charge in [0.15, 0.2) is 0 Å². The quantitative estimate of drug-likeness (QED) is 0.807. The first kappa shape index (κ1) is 15.2. The number of nitrogens with zero attached hydrogens (tertiary/aromatic N) is 2. The van der Waals surface area contributed by atoms with Gasteiger partial charge in [-0.3, -0.25) is 4.90 Å². The molecular formula is C15H31N3O. The van der Waals surface area contributed by atoms with E-state index in [1.807, 2.05) is 0 Å². The minimum atomic E-state index is 0.563. The molecule has 2 rings (SSSR count). The number of nitrogens with one attached hydrogen (secondary N) is 1. The van der Waals surface area contributed by atoms with Crippen molar-refractivity contribution >= 4 is 0 Å². The molecule has 4 heteroatoms. The molecule has 4 atom stereocenters. The van der Waals surface area contributed by atoms with Crippen LogP contribution in [0.25, 0.3) is 0 Å². The van der Waals surface area contributed by atoms with Crippen LogP contribution in [0.15, 0.2) is 0 Å². The van der Waals surface area contributed by atoms with Crippen molar-refractivity contribution in [1.29, 1.82) is 0 Å². The van der Waals surface area contributed by atoms with Gasteiger partial charge in [-0.2, -0.15) is 0 Å². The Morgan fingerprint density at radius 2 is 2.11 bits per heavy atom. The van der Waals surface area contributed by atoms with E-state index in [-0.39, 0.29) is 0 Å². The predicted molar refractivity (Wildman–Crippen MR) is 79.5 cm³/mol. The highest BCUT2D eigenvalue weighted by Gasteiger charge is 2.38. The van der Waals surface area contributed by atoms with Crippen LogP contribution in [0, 0.1) is 5.92 Å². The van der Waals surface area contributed by atoms with Crippen molar-refractivity contribution in [2.75, 3.05) is 46.9 Å². The summed E-state index contributed by atoms with van der Waals surface area (Å²) in [6.45, 7) is 9.95. The Hall–Kier alpha value is -0.160. The average Bonchev–Trinajstić information content (AvgIpc) is 2.79. The second-order valence-electron chi connectivity index (χ2n) is 6.45. The Morgan fingerprint density at radius 1 is 1.32 bits per heavy atom. The van der Waals surface area contributed by atoms with E-state index in [1.54, 1.807) is 0 Å². The lowest BCUT2D eigenvalue weighted by atomic mass is 10.0. The van der Waals surface area contributed by atoms with Gasteiger partial charge in [0.05, 0.1) is 6.61 Å². The Bertz CT molecular complexity index is 272.